The smallest absolute Gasteiger partial charge is 0.346 e. The number of halogens is 1. The molecule has 2 heterocycles. The van der Waals surface area contributed by atoms with E-state index in [-0.39, 0.29) is 5.57 Å². The molecule has 2 aromatic rings. The molecule has 2 aromatic heterocycles. The van der Waals surface area contributed by atoms with E-state index in [4.69, 9.17) is 10.4 Å². The maximum atomic E-state index is 10.7. The fourth-order valence-corrected chi connectivity index (χ4v) is 4.16. The molecular weight excluding hydrogens is 310 g/mol. The standard InChI is InChI=1S/C10H4BrNO2S2/c11-9-3-8-7(16-9)2-6(15-8)1-5(4-12)10(13)14/h1-3H,(H,13,14)/b5-1+. The minimum absolute atomic E-state index is 0.243. The molecule has 3 nitrogen and oxygen atoms in total. The summed E-state index contributed by atoms with van der Waals surface area (Å²) < 4.78 is 3.22. The Labute approximate surface area is 107 Å². The zero-order chi connectivity index (χ0) is 11.7. The number of nitriles is 1. The van der Waals surface area contributed by atoms with Crippen LogP contribution in [0.15, 0.2) is 21.5 Å². The molecule has 0 radical (unpaired) electrons. The van der Waals surface area contributed by atoms with E-state index in [1.165, 1.54) is 17.4 Å². The zero-order valence-electron chi connectivity index (χ0n) is 7.73. The van der Waals surface area contributed by atoms with Gasteiger partial charge in [0.1, 0.15) is 11.6 Å². The fourth-order valence-electron chi connectivity index (χ4n) is 1.18. The third kappa shape index (κ3) is 2.16. The summed E-state index contributed by atoms with van der Waals surface area (Å²) in [6.45, 7) is 0. The van der Waals surface area contributed by atoms with Gasteiger partial charge in [-0.05, 0) is 34.1 Å². The van der Waals surface area contributed by atoms with Gasteiger partial charge in [0.2, 0.25) is 0 Å². The van der Waals surface area contributed by atoms with Gasteiger partial charge < -0.3 is 5.11 Å². The van der Waals surface area contributed by atoms with Crippen molar-refractivity contribution in [3.8, 4) is 6.07 Å². The molecule has 0 amide bonds. The Bertz CT molecular complexity index is 601. The highest BCUT2D eigenvalue weighted by Gasteiger charge is 2.09. The molecule has 2 rings (SSSR count). The van der Waals surface area contributed by atoms with Gasteiger partial charge in [-0.2, -0.15) is 5.26 Å². The van der Waals surface area contributed by atoms with Crippen LogP contribution in [0.1, 0.15) is 4.88 Å². The van der Waals surface area contributed by atoms with E-state index in [2.05, 4.69) is 15.9 Å². The van der Waals surface area contributed by atoms with Crippen LogP contribution in [0.4, 0.5) is 0 Å². The van der Waals surface area contributed by atoms with Gasteiger partial charge in [-0.3, -0.25) is 0 Å². The molecule has 16 heavy (non-hydrogen) atoms. The number of carboxylic acids is 1. The maximum absolute atomic E-state index is 10.7. The van der Waals surface area contributed by atoms with E-state index in [1.54, 1.807) is 17.4 Å². The molecule has 0 aliphatic rings. The van der Waals surface area contributed by atoms with Crippen molar-refractivity contribution >= 4 is 60.0 Å². The highest BCUT2D eigenvalue weighted by molar-refractivity contribution is 9.11. The van der Waals surface area contributed by atoms with E-state index in [0.717, 1.165) is 18.1 Å². The minimum atomic E-state index is -1.19. The molecule has 0 saturated carbocycles. The fraction of sp³-hybridized carbons (Fsp3) is 0. The van der Waals surface area contributed by atoms with Gasteiger partial charge in [-0.25, -0.2) is 4.79 Å². The summed E-state index contributed by atoms with van der Waals surface area (Å²) in [5, 5.41) is 17.3. The van der Waals surface area contributed by atoms with Crippen molar-refractivity contribution in [2.45, 2.75) is 0 Å². The number of rotatable bonds is 2. The van der Waals surface area contributed by atoms with E-state index < -0.39 is 5.97 Å². The quantitative estimate of drug-likeness (QED) is 0.679. The van der Waals surface area contributed by atoms with Crippen LogP contribution in [0.25, 0.3) is 15.5 Å². The molecule has 0 bridgehead atoms. The van der Waals surface area contributed by atoms with Crippen LogP contribution in [0.3, 0.4) is 0 Å². The first-order valence-electron chi connectivity index (χ1n) is 4.14. The Kier molecular flexibility index (Phi) is 3.10. The Morgan fingerprint density at radius 3 is 2.69 bits per heavy atom. The van der Waals surface area contributed by atoms with Crippen LogP contribution in [0.5, 0.6) is 0 Å². The number of carboxylic acid groups (broad SMARTS) is 1. The number of aliphatic carboxylic acids is 1. The molecule has 0 unspecified atom stereocenters. The van der Waals surface area contributed by atoms with Gasteiger partial charge in [0.25, 0.3) is 0 Å². The molecule has 0 spiro atoms. The largest absolute Gasteiger partial charge is 0.477 e. The molecule has 0 saturated heterocycles. The SMILES string of the molecule is N#C/C(=C\c1cc2sc(Br)cc2s1)C(=O)O. The first kappa shape index (κ1) is 11.3. The van der Waals surface area contributed by atoms with Gasteiger partial charge >= 0.3 is 5.97 Å². The molecule has 1 N–H and O–H groups in total. The van der Waals surface area contributed by atoms with E-state index in [0.29, 0.717) is 0 Å². The summed E-state index contributed by atoms with van der Waals surface area (Å²) in [7, 11) is 0. The number of hydrogen-bond donors (Lipinski definition) is 1. The predicted octanol–water partition coefficient (Wildman–Crippen LogP) is 3.72. The molecular formula is C10H4BrNO2S2. The normalized spacial score (nSPS) is 11.6. The Morgan fingerprint density at radius 2 is 2.12 bits per heavy atom. The predicted molar refractivity (Wildman–Crippen MR) is 68.6 cm³/mol. The maximum Gasteiger partial charge on any atom is 0.346 e. The topological polar surface area (TPSA) is 61.1 Å². The number of nitrogens with zero attached hydrogens (tertiary/aromatic N) is 1. The summed E-state index contributed by atoms with van der Waals surface area (Å²) in [6.07, 6.45) is 1.40. The zero-order valence-corrected chi connectivity index (χ0v) is 10.9. The van der Waals surface area contributed by atoms with Gasteiger partial charge in [0, 0.05) is 14.3 Å². The van der Waals surface area contributed by atoms with Crippen molar-refractivity contribution in [1.82, 2.24) is 0 Å². The second-order valence-electron chi connectivity index (χ2n) is 2.90. The Balaban J connectivity index is 2.45. The lowest BCUT2D eigenvalue weighted by Gasteiger charge is -1.87. The number of fused-ring (bicyclic) bond motifs is 1. The van der Waals surface area contributed by atoms with Gasteiger partial charge in [-0.1, -0.05) is 0 Å². The molecule has 0 aliphatic heterocycles. The third-order valence-electron chi connectivity index (χ3n) is 1.83. The molecule has 0 aromatic carbocycles. The Morgan fingerprint density at radius 1 is 1.44 bits per heavy atom. The van der Waals surface area contributed by atoms with E-state index >= 15 is 0 Å². The van der Waals surface area contributed by atoms with Crippen LogP contribution < -0.4 is 0 Å². The average molecular weight is 314 g/mol. The Hall–Kier alpha value is -1.16. The third-order valence-corrected chi connectivity index (χ3v) is 4.58. The first-order chi connectivity index (χ1) is 7.60. The number of thiophene rings is 2. The van der Waals surface area contributed by atoms with E-state index in [9.17, 15) is 4.79 Å². The van der Waals surface area contributed by atoms with Crippen LogP contribution in [0.2, 0.25) is 0 Å². The highest BCUT2D eigenvalue weighted by atomic mass is 79.9. The second-order valence-corrected chi connectivity index (χ2v) is 6.48. The van der Waals surface area contributed by atoms with Crippen molar-refractivity contribution < 1.29 is 9.90 Å². The monoisotopic (exact) mass is 313 g/mol. The van der Waals surface area contributed by atoms with E-state index in [1.807, 2.05) is 12.1 Å². The lowest BCUT2D eigenvalue weighted by atomic mass is 10.2. The summed E-state index contributed by atoms with van der Waals surface area (Å²) in [4.78, 5) is 11.4. The summed E-state index contributed by atoms with van der Waals surface area (Å²) >= 11 is 6.43. The van der Waals surface area contributed by atoms with Crippen LogP contribution >= 0.6 is 38.6 Å². The van der Waals surface area contributed by atoms with Crippen LogP contribution in [0, 0.1) is 11.3 Å². The van der Waals surface area contributed by atoms with Crippen molar-refractivity contribution in [2.75, 3.05) is 0 Å². The average Bonchev–Trinajstić information content (AvgIpc) is 2.70. The summed E-state index contributed by atoms with van der Waals surface area (Å²) in [6, 6.07) is 5.53. The molecule has 0 atom stereocenters. The number of carbonyl (C=O) groups is 1. The van der Waals surface area contributed by atoms with Crippen LogP contribution in [-0.4, -0.2) is 11.1 Å². The van der Waals surface area contributed by atoms with Crippen molar-refractivity contribution in [1.29, 1.82) is 5.26 Å². The van der Waals surface area contributed by atoms with Gasteiger partial charge in [-0.15, -0.1) is 22.7 Å². The molecule has 6 heteroatoms. The van der Waals surface area contributed by atoms with Gasteiger partial charge in [0.05, 0.1) is 3.79 Å². The molecule has 0 fully saturated rings. The highest BCUT2D eigenvalue weighted by Crippen LogP contribution is 2.36. The van der Waals surface area contributed by atoms with Crippen LogP contribution in [-0.2, 0) is 4.79 Å². The lowest BCUT2D eigenvalue weighted by molar-refractivity contribution is -0.132. The first-order valence-corrected chi connectivity index (χ1v) is 6.56. The second kappa shape index (κ2) is 4.37. The van der Waals surface area contributed by atoms with Crippen molar-refractivity contribution in [3.05, 3.63) is 26.4 Å². The van der Waals surface area contributed by atoms with Gasteiger partial charge in [0.15, 0.2) is 0 Å². The summed E-state index contributed by atoms with van der Waals surface area (Å²) in [5.41, 5.74) is -0.243. The minimum Gasteiger partial charge on any atom is -0.477 e. The number of hydrogen-bond acceptors (Lipinski definition) is 4. The molecule has 80 valence electrons. The summed E-state index contributed by atoms with van der Waals surface area (Å²) in [5.74, 6) is -1.19. The van der Waals surface area contributed by atoms with Crippen molar-refractivity contribution in [3.63, 3.8) is 0 Å². The molecule has 0 aliphatic carbocycles. The lowest BCUT2D eigenvalue weighted by Crippen LogP contribution is -1.96. The van der Waals surface area contributed by atoms with Crippen molar-refractivity contribution in [2.24, 2.45) is 0 Å².